The van der Waals surface area contributed by atoms with E-state index >= 15 is 0 Å². The van der Waals surface area contributed by atoms with Gasteiger partial charge in [-0.15, -0.1) is 0 Å². The number of nitrogens with one attached hydrogen (secondary N) is 1. The van der Waals surface area contributed by atoms with Gasteiger partial charge in [0.2, 0.25) is 0 Å². The Bertz CT molecular complexity index is 70.1. The minimum absolute atomic E-state index is 0.400. The van der Waals surface area contributed by atoms with Gasteiger partial charge < -0.3 is 0 Å². The molecule has 0 saturated carbocycles. The molecule has 0 aromatic rings. The Kier molecular flexibility index (Phi) is 2.49. The van der Waals surface area contributed by atoms with E-state index in [1.807, 2.05) is 13.8 Å². The molecular weight excluding hydrogens is 86.9 g/mol. The van der Waals surface area contributed by atoms with E-state index in [-0.39, 0.29) is 0 Å². The maximum atomic E-state index is 5.19. The zero-order chi connectivity index (χ0) is 5.86. The van der Waals surface area contributed by atoms with Crippen molar-refractivity contribution in [2.75, 3.05) is 0 Å². The van der Waals surface area contributed by atoms with Gasteiger partial charge in [0.1, 0.15) is 0 Å². The molecule has 3 heteroatoms. The van der Waals surface area contributed by atoms with Crippen LogP contribution in [0.2, 0.25) is 0 Å². The summed E-state index contributed by atoms with van der Waals surface area (Å²) in [6.07, 6.45) is 0. The van der Waals surface area contributed by atoms with Crippen molar-refractivity contribution in [1.29, 1.82) is 0 Å². The van der Waals surface area contributed by atoms with Gasteiger partial charge in [-0.05, 0) is 0 Å². The van der Waals surface area contributed by atoms with Crippen LogP contribution in [0.5, 0.6) is 0 Å². The summed E-state index contributed by atoms with van der Waals surface area (Å²) in [5, 5.41) is 2.89. The molecule has 2 nitrogen and oxygen atoms in total. The van der Waals surface area contributed by atoms with Crippen molar-refractivity contribution in [3.63, 3.8) is 0 Å². The maximum absolute atomic E-state index is 5.19. The Hall–Kier alpha value is -0.465. The van der Waals surface area contributed by atoms with Crippen LogP contribution in [-0.4, -0.2) is 19.2 Å². The average molecular weight is 98.0 g/mol. The molecule has 0 fully saturated rings. The van der Waals surface area contributed by atoms with Gasteiger partial charge in [0.25, 0.3) is 0 Å². The number of hydrogen-bond acceptors (Lipinski definition) is 2. The fraction of sp³-hybridized carbons (Fsp3) is 0.750. The topological polar surface area (TPSA) is 38.0 Å². The van der Waals surface area contributed by atoms with Crippen LogP contribution in [-0.2, 0) is 0 Å². The van der Waals surface area contributed by atoms with Crippen LogP contribution in [0, 0.1) is 0 Å². The van der Waals surface area contributed by atoms with Crippen LogP contribution in [0.3, 0.4) is 0 Å². The second kappa shape index (κ2) is 2.67. The van der Waals surface area contributed by atoms with E-state index in [0.29, 0.717) is 11.8 Å². The standard InChI is InChI=1S/C4H11BN2/c1-3(2)7-4(5)6/h3,5,7H,6H2,1-2H3. The molecule has 0 aromatic carbocycles. The van der Waals surface area contributed by atoms with Crippen LogP contribution in [0.25, 0.3) is 0 Å². The predicted molar refractivity (Wildman–Crippen MR) is 34.6 cm³/mol. The second-order valence-corrected chi connectivity index (χ2v) is 1.82. The summed E-state index contributed by atoms with van der Waals surface area (Å²) < 4.78 is 0. The summed E-state index contributed by atoms with van der Waals surface area (Å²) in [5.41, 5.74) is 5.72. The first-order valence-electron chi connectivity index (χ1n) is 2.34. The monoisotopic (exact) mass is 98.1 g/mol. The molecule has 7 heavy (non-hydrogen) atoms. The summed E-state index contributed by atoms with van der Waals surface area (Å²) in [6.45, 7) is 4.02. The van der Waals surface area contributed by atoms with Crippen LogP contribution in [0.4, 0.5) is 0 Å². The molecule has 0 unspecified atom stereocenters. The molecule has 40 valence electrons. The van der Waals surface area contributed by atoms with Gasteiger partial charge in [0, 0.05) is 0 Å². The Morgan fingerprint density at radius 1 is 1.71 bits per heavy atom. The first-order chi connectivity index (χ1) is 3.13. The summed E-state index contributed by atoms with van der Waals surface area (Å²) in [5.74, 6) is 0. The van der Waals surface area contributed by atoms with E-state index in [0.717, 1.165) is 0 Å². The van der Waals surface area contributed by atoms with Crippen LogP contribution < -0.4 is 11.1 Å². The van der Waals surface area contributed by atoms with Crippen molar-refractivity contribution in [1.82, 2.24) is 5.32 Å². The van der Waals surface area contributed by atoms with Gasteiger partial charge in [-0.2, -0.15) is 0 Å². The zero-order valence-electron chi connectivity index (χ0n) is 4.86. The van der Waals surface area contributed by atoms with Crippen molar-refractivity contribution >= 4 is 13.2 Å². The van der Waals surface area contributed by atoms with Gasteiger partial charge in [-0.25, -0.2) is 0 Å². The van der Waals surface area contributed by atoms with Gasteiger partial charge in [-0.3, -0.25) is 0 Å². The van der Waals surface area contributed by atoms with Crippen molar-refractivity contribution in [3.8, 4) is 0 Å². The van der Waals surface area contributed by atoms with Gasteiger partial charge in [0.05, 0.1) is 0 Å². The number of rotatable bonds is 2. The van der Waals surface area contributed by atoms with E-state index < -0.39 is 0 Å². The molecule has 0 heterocycles. The number of nitrogens with two attached hydrogens (primary N) is 1. The molecule has 0 saturated heterocycles. The quantitative estimate of drug-likeness (QED) is 0.431. The molecule has 0 aliphatic carbocycles. The third-order valence-electron chi connectivity index (χ3n) is 0.474. The molecule has 0 aliphatic heterocycles. The number of hydrogen-bond donors (Lipinski definition) is 2. The normalized spacial score (nSPS) is 8.86. The molecule has 3 N–H and O–H groups in total. The second-order valence-electron chi connectivity index (χ2n) is 1.82. The van der Waals surface area contributed by atoms with Crippen LogP contribution in [0.1, 0.15) is 13.8 Å². The molecular formula is C4H11BN2. The molecule has 0 amide bonds. The van der Waals surface area contributed by atoms with Crippen molar-refractivity contribution in [2.45, 2.75) is 19.9 Å². The molecule has 0 aromatic heterocycles. The van der Waals surface area contributed by atoms with Crippen molar-refractivity contribution in [3.05, 3.63) is 0 Å². The Morgan fingerprint density at radius 3 is 2.14 bits per heavy atom. The average Bonchev–Trinajstić information content (AvgIpc) is 1.27. The molecule has 0 spiro atoms. The van der Waals surface area contributed by atoms with Gasteiger partial charge in [0.15, 0.2) is 0 Å². The first kappa shape index (κ1) is 6.53. The van der Waals surface area contributed by atoms with Gasteiger partial charge >= 0.3 is 44.1 Å². The Balaban J connectivity index is 3.13. The van der Waals surface area contributed by atoms with E-state index in [4.69, 9.17) is 5.73 Å². The summed E-state index contributed by atoms with van der Waals surface area (Å²) in [4.78, 5) is 0. The van der Waals surface area contributed by atoms with Crippen molar-refractivity contribution in [2.24, 2.45) is 5.73 Å². The summed E-state index contributed by atoms with van der Waals surface area (Å²) in [6, 6.07) is 0.400. The fourth-order valence-electron chi connectivity index (χ4n) is 0.371. The zero-order valence-corrected chi connectivity index (χ0v) is 4.86. The summed E-state index contributed by atoms with van der Waals surface area (Å²) >= 11 is 0. The molecule has 0 bridgehead atoms. The summed E-state index contributed by atoms with van der Waals surface area (Å²) in [7, 11) is 3.46. The minimum atomic E-state index is 0.400. The van der Waals surface area contributed by atoms with Crippen LogP contribution >= 0.6 is 0 Å². The third-order valence-corrected chi connectivity index (χ3v) is 0.474. The van der Waals surface area contributed by atoms with E-state index in [9.17, 15) is 0 Å². The van der Waals surface area contributed by atoms with Crippen molar-refractivity contribution < 1.29 is 0 Å². The molecule has 0 atom stereocenters. The van der Waals surface area contributed by atoms with Gasteiger partial charge in [-0.1, -0.05) is 0 Å². The SMILES string of the molecule is B=C(N)NC(C)C. The predicted octanol–water partition coefficient (Wildman–Crippen LogP) is -1.07. The van der Waals surface area contributed by atoms with E-state index in [1.54, 1.807) is 0 Å². The Labute approximate surface area is 45.2 Å². The first-order valence-corrected chi connectivity index (χ1v) is 2.34. The molecule has 0 rings (SSSR count). The van der Waals surface area contributed by atoms with E-state index in [2.05, 4.69) is 12.8 Å². The van der Waals surface area contributed by atoms with E-state index in [1.165, 1.54) is 0 Å². The molecule has 0 aliphatic rings. The Morgan fingerprint density at radius 2 is 2.14 bits per heavy atom. The molecule has 0 radical (unpaired) electrons. The third kappa shape index (κ3) is 5.53. The fourth-order valence-corrected chi connectivity index (χ4v) is 0.371. The van der Waals surface area contributed by atoms with Crippen LogP contribution in [0.15, 0.2) is 0 Å².